The van der Waals surface area contributed by atoms with Gasteiger partial charge in [-0.15, -0.1) is 0 Å². The predicted molar refractivity (Wildman–Crippen MR) is 145 cm³/mol. The van der Waals surface area contributed by atoms with Crippen molar-refractivity contribution in [2.24, 2.45) is 17.8 Å². The van der Waals surface area contributed by atoms with Gasteiger partial charge in [-0.05, 0) is 80.2 Å². The summed E-state index contributed by atoms with van der Waals surface area (Å²) < 4.78 is 19.9. The Bertz CT molecular complexity index is 1290. The number of nitrogens with zero attached hydrogens (tertiary/aromatic N) is 1. The van der Waals surface area contributed by atoms with E-state index in [1.165, 1.54) is 17.0 Å². The Hall–Kier alpha value is -3.23. The van der Waals surface area contributed by atoms with E-state index in [0.29, 0.717) is 30.5 Å². The number of amides is 2. The molecule has 198 valence electrons. The van der Waals surface area contributed by atoms with E-state index in [-0.39, 0.29) is 35.9 Å². The van der Waals surface area contributed by atoms with Gasteiger partial charge in [-0.2, -0.15) is 0 Å². The van der Waals surface area contributed by atoms with Gasteiger partial charge in [0.25, 0.3) is 0 Å². The fourth-order valence-electron chi connectivity index (χ4n) is 6.51. The Morgan fingerprint density at radius 1 is 1.13 bits per heavy atom. The molecule has 0 unspecified atom stereocenters. The van der Waals surface area contributed by atoms with Crippen molar-refractivity contribution in [2.45, 2.75) is 58.4 Å². The van der Waals surface area contributed by atoms with Gasteiger partial charge in [0.05, 0.1) is 23.6 Å². The molecule has 0 bridgehead atoms. The number of carbonyl (C=O) groups is 2. The average Bonchev–Trinajstić information content (AvgIpc) is 3.14. The molecule has 6 nitrogen and oxygen atoms in total. The number of halogens is 1. The number of allylic oxidation sites excluding steroid dienone is 2. The smallest absolute Gasteiger partial charge is 0.455 e. The van der Waals surface area contributed by atoms with E-state index in [2.05, 4.69) is 6.92 Å². The molecule has 2 N–H and O–H groups in total. The minimum Gasteiger partial charge on any atom is -0.505 e. The zero-order valence-corrected chi connectivity index (χ0v) is 21.8. The number of benzene rings is 2. The first-order valence-electron chi connectivity index (χ1n) is 13.4. The van der Waals surface area contributed by atoms with Crippen LogP contribution in [0.2, 0.25) is 6.32 Å². The highest BCUT2D eigenvalue weighted by atomic mass is 19.1. The van der Waals surface area contributed by atoms with E-state index < -0.39 is 24.8 Å². The van der Waals surface area contributed by atoms with Crippen molar-refractivity contribution in [3.63, 3.8) is 0 Å². The Kier molecular flexibility index (Phi) is 7.55. The van der Waals surface area contributed by atoms with Crippen LogP contribution in [0, 0.1) is 23.6 Å². The van der Waals surface area contributed by atoms with Gasteiger partial charge in [-0.25, -0.2) is 4.39 Å². The summed E-state index contributed by atoms with van der Waals surface area (Å²) in [4.78, 5) is 28.3. The van der Waals surface area contributed by atoms with Crippen molar-refractivity contribution in [1.82, 2.24) is 0 Å². The Morgan fingerprint density at radius 2 is 1.89 bits per heavy atom. The van der Waals surface area contributed by atoms with Gasteiger partial charge in [-0.1, -0.05) is 54.8 Å². The highest BCUT2D eigenvalue weighted by molar-refractivity contribution is 6.43. The quantitative estimate of drug-likeness (QED) is 0.287. The molecule has 2 aromatic rings. The first kappa shape index (κ1) is 26.4. The number of rotatable bonds is 7. The zero-order valence-electron chi connectivity index (χ0n) is 21.8. The second-order valence-electron chi connectivity index (χ2n) is 10.6. The second-order valence-corrected chi connectivity index (χ2v) is 10.6. The molecule has 8 heteroatoms. The van der Waals surface area contributed by atoms with Crippen molar-refractivity contribution in [1.29, 1.82) is 0 Å². The summed E-state index contributed by atoms with van der Waals surface area (Å²) in [6.07, 6.45) is 5.39. The molecular weight excluding hydrogens is 484 g/mol. The van der Waals surface area contributed by atoms with Crippen LogP contribution in [0.25, 0.3) is 6.08 Å². The lowest BCUT2D eigenvalue weighted by molar-refractivity contribution is -0.122. The van der Waals surface area contributed by atoms with Crippen LogP contribution >= 0.6 is 0 Å². The first-order chi connectivity index (χ1) is 18.3. The standard InChI is InChI=1S/C30H33BFNO5/c1-3-7-19(15-20-10-12-25(34)24(32)16-20)11-13-26-27-18(2)14-22-28(23(27)17-31(37)38-26)30(36)33(29(22)35)21-8-5-4-6-9-21/h4-6,8-10,12,15-16,22-23,26,28,34,37H,3,7,11,13-14,17H2,1-2H3/b19-15+/t22-,23+,26-,28-/m1/s1. The minimum atomic E-state index is -1.02. The number of anilines is 1. The van der Waals surface area contributed by atoms with E-state index in [4.69, 9.17) is 4.65 Å². The molecule has 2 aromatic carbocycles. The third-order valence-electron chi connectivity index (χ3n) is 8.11. The van der Waals surface area contributed by atoms with Crippen LogP contribution in [0.5, 0.6) is 5.75 Å². The van der Waals surface area contributed by atoms with Crippen molar-refractivity contribution in [3.05, 3.63) is 76.6 Å². The summed E-state index contributed by atoms with van der Waals surface area (Å²) in [5.74, 6) is -2.59. The van der Waals surface area contributed by atoms with E-state index in [9.17, 15) is 24.1 Å². The van der Waals surface area contributed by atoms with Crippen molar-refractivity contribution < 1.29 is 28.8 Å². The number of hydrogen-bond acceptors (Lipinski definition) is 5. The van der Waals surface area contributed by atoms with Crippen LogP contribution in [-0.4, -0.2) is 35.2 Å². The van der Waals surface area contributed by atoms with Crippen LogP contribution in [0.15, 0.2) is 65.3 Å². The molecule has 2 saturated heterocycles. The highest BCUT2D eigenvalue weighted by Gasteiger charge is 2.57. The normalized spacial score (nSPS) is 25.6. The maximum atomic E-state index is 13.9. The number of hydrogen-bond donors (Lipinski definition) is 2. The lowest BCUT2D eigenvalue weighted by Gasteiger charge is -2.42. The zero-order chi connectivity index (χ0) is 27.0. The van der Waals surface area contributed by atoms with E-state index in [0.717, 1.165) is 29.6 Å². The molecule has 2 heterocycles. The third-order valence-corrected chi connectivity index (χ3v) is 8.11. The van der Waals surface area contributed by atoms with Crippen LogP contribution in [0.3, 0.4) is 0 Å². The molecule has 5 rings (SSSR count). The summed E-state index contributed by atoms with van der Waals surface area (Å²) >= 11 is 0. The molecule has 0 radical (unpaired) electrons. The topological polar surface area (TPSA) is 87.1 Å². The Morgan fingerprint density at radius 3 is 2.61 bits per heavy atom. The third kappa shape index (κ3) is 4.95. The summed E-state index contributed by atoms with van der Waals surface area (Å²) in [6.45, 7) is 4.09. The first-order valence-corrected chi connectivity index (χ1v) is 13.4. The van der Waals surface area contributed by atoms with Gasteiger partial charge < -0.3 is 14.8 Å². The molecule has 4 atom stereocenters. The van der Waals surface area contributed by atoms with Crippen LogP contribution in [-0.2, 0) is 14.2 Å². The van der Waals surface area contributed by atoms with Gasteiger partial charge >= 0.3 is 7.12 Å². The lowest BCUT2D eigenvalue weighted by atomic mass is 9.58. The van der Waals surface area contributed by atoms with Crippen LogP contribution in [0.4, 0.5) is 10.1 Å². The number of phenols is 1. The van der Waals surface area contributed by atoms with Crippen molar-refractivity contribution in [3.8, 4) is 5.75 Å². The van der Waals surface area contributed by atoms with Gasteiger partial charge in [0.2, 0.25) is 11.8 Å². The fraction of sp³-hybridized carbons (Fsp3) is 0.400. The number of para-hydroxylation sites is 1. The van der Waals surface area contributed by atoms with E-state index in [1.807, 2.05) is 31.2 Å². The average molecular weight is 517 g/mol. The molecule has 38 heavy (non-hydrogen) atoms. The summed E-state index contributed by atoms with van der Waals surface area (Å²) in [5.41, 5.74) is 4.48. The Balaban J connectivity index is 1.39. The van der Waals surface area contributed by atoms with Gasteiger partial charge in [0.1, 0.15) is 0 Å². The van der Waals surface area contributed by atoms with E-state index >= 15 is 0 Å². The Labute approximate surface area is 223 Å². The maximum absolute atomic E-state index is 13.9. The molecule has 0 aromatic heterocycles. The number of carbonyl (C=O) groups excluding carboxylic acids is 2. The number of imide groups is 1. The number of fused-ring (bicyclic) bond motifs is 3. The summed E-state index contributed by atoms with van der Waals surface area (Å²) in [7, 11) is -1.02. The SMILES string of the molecule is CCC/C(=C\c1ccc(O)c(F)c1)CC[C@H]1OB(O)C[C@H]2C1=C(C)C[C@H]1C(=O)N(c3ccccc3)C(=O)[C@H]12. The molecule has 2 aliphatic heterocycles. The summed E-state index contributed by atoms with van der Waals surface area (Å²) in [5, 5.41) is 20.2. The second kappa shape index (κ2) is 10.9. The van der Waals surface area contributed by atoms with Crippen molar-refractivity contribution in [2.75, 3.05) is 4.90 Å². The molecule has 2 amide bonds. The predicted octanol–water partition coefficient (Wildman–Crippen LogP) is 5.52. The maximum Gasteiger partial charge on any atom is 0.455 e. The largest absolute Gasteiger partial charge is 0.505 e. The number of phenolic OH excluding ortho intramolecular Hbond substituents is 1. The van der Waals surface area contributed by atoms with Gasteiger partial charge in [0.15, 0.2) is 11.6 Å². The van der Waals surface area contributed by atoms with Crippen molar-refractivity contribution >= 4 is 30.7 Å². The monoisotopic (exact) mass is 517 g/mol. The minimum absolute atomic E-state index is 0.170. The van der Waals surface area contributed by atoms with Crippen LogP contribution in [0.1, 0.15) is 51.5 Å². The van der Waals surface area contributed by atoms with Gasteiger partial charge in [-0.3, -0.25) is 14.5 Å². The molecular formula is C30H33BFNO5. The molecule has 2 fully saturated rings. The summed E-state index contributed by atoms with van der Waals surface area (Å²) in [6, 6.07) is 13.4. The molecule has 3 aliphatic rings. The highest BCUT2D eigenvalue weighted by Crippen LogP contribution is 2.51. The van der Waals surface area contributed by atoms with E-state index in [1.54, 1.807) is 18.2 Å². The lowest BCUT2D eigenvalue weighted by Crippen LogP contribution is -2.46. The van der Waals surface area contributed by atoms with Gasteiger partial charge in [0, 0.05) is 0 Å². The molecule has 0 saturated carbocycles. The fourth-order valence-corrected chi connectivity index (χ4v) is 6.51. The molecule has 0 spiro atoms. The molecule has 1 aliphatic carbocycles. The number of aromatic hydroxyl groups is 1. The van der Waals surface area contributed by atoms with Crippen LogP contribution < -0.4 is 4.90 Å².